The molecule has 0 amide bonds. The van der Waals surface area contributed by atoms with Gasteiger partial charge in [0.15, 0.2) is 0 Å². The summed E-state index contributed by atoms with van der Waals surface area (Å²) in [5, 5.41) is 0. The highest BCUT2D eigenvalue weighted by molar-refractivity contribution is 5.83. The highest BCUT2D eigenvalue weighted by Gasteiger charge is 2.46. The summed E-state index contributed by atoms with van der Waals surface area (Å²) in [5.74, 6) is 0.252. The van der Waals surface area contributed by atoms with E-state index in [1.54, 1.807) is 13.8 Å². The summed E-state index contributed by atoms with van der Waals surface area (Å²) in [4.78, 5) is 22.2. The molecule has 13 heavy (non-hydrogen) atoms. The van der Waals surface area contributed by atoms with Crippen LogP contribution in [-0.2, 0) is 14.3 Å². The summed E-state index contributed by atoms with van der Waals surface area (Å²) in [6, 6.07) is 0. The lowest BCUT2D eigenvalue weighted by atomic mass is 10.0. The maximum Gasteiger partial charge on any atom is 0.308 e. The van der Waals surface area contributed by atoms with Gasteiger partial charge in [-0.3, -0.25) is 9.59 Å². The monoisotopic (exact) mass is 184 g/mol. The van der Waals surface area contributed by atoms with Gasteiger partial charge in [-0.05, 0) is 26.2 Å². The quantitative estimate of drug-likeness (QED) is 0.620. The van der Waals surface area contributed by atoms with Gasteiger partial charge in [-0.25, -0.2) is 0 Å². The predicted molar refractivity (Wildman–Crippen MR) is 48.1 cm³/mol. The second kappa shape index (κ2) is 3.90. The lowest BCUT2D eigenvalue weighted by molar-refractivity contribution is -0.148. The summed E-state index contributed by atoms with van der Waals surface area (Å²) >= 11 is 0. The molecule has 0 spiro atoms. The van der Waals surface area contributed by atoms with Crippen LogP contribution in [0.15, 0.2) is 0 Å². The van der Waals surface area contributed by atoms with Crippen LogP contribution in [-0.4, -0.2) is 18.4 Å². The van der Waals surface area contributed by atoms with E-state index in [4.69, 9.17) is 4.74 Å². The number of esters is 1. The lowest BCUT2D eigenvalue weighted by Gasteiger charge is -2.08. The van der Waals surface area contributed by atoms with Crippen molar-refractivity contribution in [3.05, 3.63) is 0 Å². The van der Waals surface area contributed by atoms with Gasteiger partial charge in [0.25, 0.3) is 0 Å². The van der Waals surface area contributed by atoms with Gasteiger partial charge in [-0.1, -0.05) is 6.92 Å². The number of ether oxygens (including phenoxy) is 1. The number of rotatable bonds is 4. The second-order valence-electron chi connectivity index (χ2n) is 3.66. The van der Waals surface area contributed by atoms with Crippen molar-refractivity contribution in [2.24, 2.45) is 17.8 Å². The van der Waals surface area contributed by atoms with Crippen molar-refractivity contribution in [1.82, 2.24) is 0 Å². The first-order valence-corrected chi connectivity index (χ1v) is 4.75. The second-order valence-corrected chi connectivity index (χ2v) is 3.66. The van der Waals surface area contributed by atoms with Crippen molar-refractivity contribution >= 4 is 11.8 Å². The fourth-order valence-corrected chi connectivity index (χ4v) is 1.68. The Labute approximate surface area is 78.5 Å². The zero-order chi connectivity index (χ0) is 10.0. The topological polar surface area (TPSA) is 43.4 Å². The summed E-state index contributed by atoms with van der Waals surface area (Å²) in [6.45, 7) is 5.63. The molecule has 74 valence electrons. The maximum absolute atomic E-state index is 11.3. The van der Waals surface area contributed by atoms with E-state index in [1.165, 1.54) is 0 Å². The molecule has 0 aromatic heterocycles. The number of Topliss-reactive ketones (excluding diaryl/α,β-unsaturated/α-hetero) is 1. The SMILES string of the molecule is CCOC(=O)C(C)C1CC1C(C)=O. The van der Waals surface area contributed by atoms with Crippen LogP contribution < -0.4 is 0 Å². The van der Waals surface area contributed by atoms with Crippen molar-refractivity contribution < 1.29 is 14.3 Å². The number of hydrogen-bond acceptors (Lipinski definition) is 3. The van der Waals surface area contributed by atoms with E-state index in [-0.39, 0.29) is 29.5 Å². The van der Waals surface area contributed by atoms with E-state index in [0.29, 0.717) is 6.61 Å². The maximum atomic E-state index is 11.3. The van der Waals surface area contributed by atoms with Crippen LogP contribution in [0.2, 0.25) is 0 Å². The third-order valence-electron chi connectivity index (χ3n) is 2.66. The van der Waals surface area contributed by atoms with E-state index in [0.717, 1.165) is 6.42 Å². The fraction of sp³-hybridized carbons (Fsp3) is 0.800. The minimum absolute atomic E-state index is 0.111. The molecule has 1 aliphatic rings. The minimum Gasteiger partial charge on any atom is -0.466 e. The van der Waals surface area contributed by atoms with Crippen LogP contribution in [0.25, 0.3) is 0 Å². The number of carbonyl (C=O) groups excluding carboxylic acids is 2. The summed E-state index contributed by atoms with van der Waals surface area (Å²) in [7, 11) is 0. The zero-order valence-corrected chi connectivity index (χ0v) is 8.37. The van der Waals surface area contributed by atoms with Gasteiger partial charge in [-0.2, -0.15) is 0 Å². The van der Waals surface area contributed by atoms with Crippen molar-refractivity contribution in [2.75, 3.05) is 6.61 Å². The first-order chi connectivity index (χ1) is 6.07. The Morgan fingerprint density at radius 1 is 1.54 bits per heavy atom. The molecule has 0 aromatic carbocycles. The van der Waals surface area contributed by atoms with E-state index >= 15 is 0 Å². The highest BCUT2D eigenvalue weighted by atomic mass is 16.5. The number of carbonyl (C=O) groups is 2. The van der Waals surface area contributed by atoms with Gasteiger partial charge in [0, 0.05) is 5.92 Å². The Kier molecular flexibility index (Phi) is 3.07. The molecule has 0 aliphatic heterocycles. The molecule has 0 saturated heterocycles. The van der Waals surface area contributed by atoms with Gasteiger partial charge in [-0.15, -0.1) is 0 Å². The molecule has 1 aliphatic carbocycles. The first kappa shape index (κ1) is 10.2. The lowest BCUT2D eigenvalue weighted by Crippen LogP contribution is -2.18. The summed E-state index contributed by atoms with van der Waals surface area (Å²) < 4.78 is 4.88. The van der Waals surface area contributed by atoms with Crippen LogP contribution in [0.4, 0.5) is 0 Å². The van der Waals surface area contributed by atoms with Crippen LogP contribution in [0, 0.1) is 17.8 Å². The van der Waals surface area contributed by atoms with E-state index in [1.807, 2.05) is 6.92 Å². The Morgan fingerprint density at radius 3 is 2.54 bits per heavy atom. The highest BCUT2D eigenvalue weighted by Crippen LogP contribution is 2.45. The van der Waals surface area contributed by atoms with Crippen molar-refractivity contribution in [2.45, 2.75) is 27.2 Å². The summed E-state index contributed by atoms with van der Waals surface area (Å²) in [6.07, 6.45) is 0.856. The average molecular weight is 184 g/mol. The van der Waals surface area contributed by atoms with Gasteiger partial charge in [0.2, 0.25) is 0 Å². The number of ketones is 1. The Hall–Kier alpha value is -0.860. The Bertz CT molecular complexity index is 222. The predicted octanol–water partition coefficient (Wildman–Crippen LogP) is 1.41. The smallest absolute Gasteiger partial charge is 0.308 e. The van der Waals surface area contributed by atoms with Crippen molar-refractivity contribution in [3.63, 3.8) is 0 Å². The molecule has 0 bridgehead atoms. The normalized spacial score (nSPS) is 27.9. The van der Waals surface area contributed by atoms with Gasteiger partial charge < -0.3 is 4.74 Å². The van der Waals surface area contributed by atoms with Crippen LogP contribution in [0.1, 0.15) is 27.2 Å². The molecule has 3 nitrogen and oxygen atoms in total. The molecule has 3 unspecified atom stereocenters. The number of hydrogen-bond donors (Lipinski definition) is 0. The molecular weight excluding hydrogens is 168 g/mol. The molecular formula is C10H16O3. The van der Waals surface area contributed by atoms with Gasteiger partial charge in [0.05, 0.1) is 12.5 Å². The van der Waals surface area contributed by atoms with E-state index < -0.39 is 0 Å². The minimum atomic E-state index is -0.170. The average Bonchev–Trinajstić information content (AvgIpc) is 2.82. The fourth-order valence-electron chi connectivity index (χ4n) is 1.68. The van der Waals surface area contributed by atoms with Crippen molar-refractivity contribution in [1.29, 1.82) is 0 Å². The Morgan fingerprint density at radius 2 is 2.15 bits per heavy atom. The standard InChI is InChI=1S/C10H16O3/c1-4-13-10(12)6(2)8-5-9(8)7(3)11/h6,8-9H,4-5H2,1-3H3. The van der Waals surface area contributed by atoms with Crippen molar-refractivity contribution in [3.8, 4) is 0 Å². The molecule has 0 radical (unpaired) electrons. The molecule has 0 aromatic rings. The molecule has 0 heterocycles. The summed E-state index contributed by atoms with van der Waals surface area (Å²) in [5.41, 5.74) is 0. The molecule has 3 atom stereocenters. The van der Waals surface area contributed by atoms with Crippen LogP contribution in [0.3, 0.4) is 0 Å². The third-order valence-corrected chi connectivity index (χ3v) is 2.66. The van der Waals surface area contributed by atoms with Gasteiger partial charge in [0.1, 0.15) is 5.78 Å². The largest absolute Gasteiger partial charge is 0.466 e. The van der Waals surface area contributed by atoms with Gasteiger partial charge >= 0.3 is 5.97 Å². The van der Waals surface area contributed by atoms with E-state index in [2.05, 4.69) is 0 Å². The molecule has 1 fully saturated rings. The third kappa shape index (κ3) is 2.29. The molecule has 3 heteroatoms. The zero-order valence-electron chi connectivity index (χ0n) is 8.37. The Balaban J connectivity index is 2.38. The first-order valence-electron chi connectivity index (χ1n) is 4.75. The molecule has 0 N–H and O–H groups in total. The van der Waals surface area contributed by atoms with E-state index in [9.17, 15) is 9.59 Å². The molecule has 1 rings (SSSR count). The molecule has 1 saturated carbocycles. The van der Waals surface area contributed by atoms with Crippen LogP contribution >= 0.6 is 0 Å². The van der Waals surface area contributed by atoms with Crippen LogP contribution in [0.5, 0.6) is 0 Å².